The van der Waals surface area contributed by atoms with Gasteiger partial charge in [-0.3, -0.25) is 14.9 Å². The largest absolute Gasteiger partial charge is 0.394 e. The highest BCUT2D eigenvalue weighted by Gasteiger charge is 2.22. The Labute approximate surface area is 176 Å². The van der Waals surface area contributed by atoms with Crippen LogP contribution < -0.4 is 16.4 Å². The van der Waals surface area contributed by atoms with Crippen LogP contribution in [0.4, 0.5) is 0 Å². The van der Waals surface area contributed by atoms with E-state index < -0.39 is 18.1 Å². The third-order valence-electron chi connectivity index (χ3n) is 4.81. The maximum atomic E-state index is 12.7. The molecule has 0 spiro atoms. The molecule has 0 saturated carbocycles. The maximum Gasteiger partial charge on any atom is 0.163 e. The summed E-state index contributed by atoms with van der Waals surface area (Å²) in [5.74, 6) is -0.387. The maximum absolute atomic E-state index is 12.7. The Bertz CT molecular complexity index is 799. The number of aliphatic hydroxyl groups is 1. The molecule has 0 fully saturated rings. The summed E-state index contributed by atoms with van der Waals surface area (Å²) in [5, 5.41) is 14.8. The molecule has 7 nitrogen and oxygen atoms in total. The lowest BCUT2D eigenvalue weighted by molar-refractivity contribution is -0.121. The number of hydrogen-bond acceptors (Lipinski definition) is 7. The van der Waals surface area contributed by atoms with Crippen LogP contribution in [-0.2, 0) is 27.2 Å². The lowest BCUT2D eigenvalue weighted by Gasteiger charge is -2.20. The number of nitrogens with one attached hydrogen (secondary N) is 2. The van der Waals surface area contributed by atoms with Crippen molar-refractivity contribution in [1.82, 2.24) is 10.6 Å². The molecule has 3 atom stereocenters. The van der Waals surface area contributed by atoms with E-state index in [1.807, 2.05) is 60.7 Å². The molecule has 0 heterocycles. The number of ketones is 2. The van der Waals surface area contributed by atoms with E-state index in [0.717, 1.165) is 11.1 Å². The lowest BCUT2D eigenvalue weighted by Crippen LogP contribution is -2.49. The molecule has 5 N–H and O–H groups in total. The molecule has 0 aliphatic carbocycles. The standard InChI is InChI=1S/C23H29N3O4/c24-20(11-17-7-3-1-4-8-17)22(29)13-26-21(12-18-9-5-2-6-10-18)23(30)14-25-19(15-27)16-28/h1-10,15,19-21,25-26,28H,11-14,16,24H2/t19-,20+,21+/m1/s1. The highest BCUT2D eigenvalue weighted by Crippen LogP contribution is 2.06. The fourth-order valence-corrected chi connectivity index (χ4v) is 3.00. The van der Waals surface area contributed by atoms with Crippen LogP contribution in [-0.4, -0.2) is 60.8 Å². The predicted octanol–water partition coefficient (Wildman–Crippen LogP) is 0.0449. The van der Waals surface area contributed by atoms with Gasteiger partial charge in [0.05, 0.1) is 37.8 Å². The summed E-state index contributed by atoms with van der Waals surface area (Å²) in [6.07, 6.45) is 1.38. The van der Waals surface area contributed by atoms with Gasteiger partial charge in [0.2, 0.25) is 0 Å². The highest BCUT2D eigenvalue weighted by molar-refractivity contribution is 5.89. The number of hydrogen-bond donors (Lipinski definition) is 4. The van der Waals surface area contributed by atoms with Crippen molar-refractivity contribution >= 4 is 17.9 Å². The smallest absolute Gasteiger partial charge is 0.163 e. The fraction of sp³-hybridized carbons (Fsp3) is 0.348. The van der Waals surface area contributed by atoms with Gasteiger partial charge in [0.1, 0.15) is 6.29 Å². The third-order valence-corrected chi connectivity index (χ3v) is 4.81. The van der Waals surface area contributed by atoms with Crippen LogP contribution in [0.1, 0.15) is 11.1 Å². The van der Waals surface area contributed by atoms with Gasteiger partial charge >= 0.3 is 0 Å². The Morgan fingerprint density at radius 3 is 1.93 bits per heavy atom. The molecule has 0 amide bonds. The van der Waals surface area contributed by atoms with E-state index in [1.165, 1.54) is 0 Å². The Hall–Kier alpha value is -2.71. The molecule has 2 aromatic rings. The number of Topliss-reactive ketones (excluding diaryl/α,β-unsaturated/α-hetero) is 2. The highest BCUT2D eigenvalue weighted by atomic mass is 16.3. The van der Waals surface area contributed by atoms with E-state index in [-0.39, 0.29) is 31.3 Å². The summed E-state index contributed by atoms with van der Waals surface area (Å²) in [6.45, 7) is -0.520. The van der Waals surface area contributed by atoms with E-state index in [4.69, 9.17) is 10.8 Å². The second kappa shape index (κ2) is 12.8. The summed E-state index contributed by atoms with van der Waals surface area (Å²) in [7, 11) is 0. The van der Waals surface area contributed by atoms with Gasteiger partial charge in [-0.25, -0.2) is 0 Å². The van der Waals surface area contributed by atoms with Crippen LogP contribution >= 0.6 is 0 Å². The van der Waals surface area contributed by atoms with Crippen molar-refractivity contribution in [1.29, 1.82) is 0 Å². The van der Waals surface area contributed by atoms with Crippen molar-refractivity contribution in [3.8, 4) is 0 Å². The first kappa shape index (κ1) is 23.6. The lowest BCUT2D eigenvalue weighted by atomic mass is 10.0. The molecule has 160 valence electrons. The molecule has 0 aromatic heterocycles. The number of nitrogens with two attached hydrogens (primary N) is 1. The van der Waals surface area contributed by atoms with Crippen molar-refractivity contribution < 1.29 is 19.5 Å². The Morgan fingerprint density at radius 1 is 0.867 bits per heavy atom. The number of benzene rings is 2. The molecule has 0 unspecified atom stereocenters. The molecular formula is C23H29N3O4. The Kier molecular flexibility index (Phi) is 10.0. The van der Waals surface area contributed by atoms with E-state index >= 15 is 0 Å². The first-order valence-corrected chi connectivity index (χ1v) is 9.95. The van der Waals surface area contributed by atoms with Gasteiger partial charge in [0.15, 0.2) is 11.6 Å². The molecule has 0 aliphatic heterocycles. The van der Waals surface area contributed by atoms with Crippen LogP contribution in [0.3, 0.4) is 0 Å². The number of carbonyl (C=O) groups is 3. The van der Waals surface area contributed by atoms with Crippen LogP contribution in [0.5, 0.6) is 0 Å². The van der Waals surface area contributed by atoms with Crippen LogP contribution in [0.15, 0.2) is 60.7 Å². The third kappa shape index (κ3) is 7.96. The minimum atomic E-state index is -0.799. The zero-order valence-electron chi connectivity index (χ0n) is 16.9. The number of rotatable bonds is 14. The molecule has 2 aromatic carbocycles. The quantitative estimate of drug-likeness (QED) is 0.324. The van der Waals surface area contributed by atoms with Crippen molar-refractivity contribution in [2.24, 2.45) is 5.73 Å². The topological polar surface area (TPSA) is 122 Å². The summed E-state index contributed by atoms with van der Waals surface area (Å²) in [5.41, 5.74) is 7.96. The minimum Gasteiger partial charge on any atom is -0.394 e. The average molecular weight is 412 g/mol. The van der Waals surface area contributed by atoms with Crippen molar-refractivity contribution in [3.63, 3.8) is 0 Å². The monoisotopic (exact) mass is 411 g/mol. The van der Waals surface area contributed by atoms with E-state index in [0.29, 0.717) is 19.1 Å². The molecular weight excluding hydrogens is 382 g/mol. The van der Waals surface area contributed by atoms with Crippen LogP contribution in [0.2, 0.25) is 0 Å². The van der Waals surface area contributed by atoms with Gasteiger partial charge in [-0.1, -0.05) is 60.7 Å². The first-order valence-electron chi connectivity index (χ1n) is 9.95. The zero-order valence-corrected chi connectivity index (χ0v) is 16.9. The molecule has 0 aliphatic rings. The molecule has 0 saturated heterocycles. The Balaban J connectivity index is 1.96. The van der Waals surface area contributed by atoms with Gasteiger partial charge in [-0.15, -0.1) is 0 Å². The molecule has 30 heavy (non-hydrogen) atoms. The van der Waals surface area contributed by atoms with Gasteiger partial charge in [-0.05, 0) is 24.0 Å². The number of carbonyl (C=O) groups excluding carboxylic acids is 3. The van der Waals surface area contributed by atoms with E-state index in [9.17, 15) is 14.4 Å². The van der Waals surface area contributed by atoms with Crippen LogP contribution in [0, 0.1) is 0 Å². The van der Waals surface area contributed by atoms with Gasteiger partial charge in [0, 0.05) is 0 Å². The van der Waals surface area contributed by atoms with Gasteiger partial charge in [0.25, 0.3) is 0 Å². The summed E-state index contributed by atoms with van der Waals surface area (Å²) < 4.78 is 0. The summed E-state index contributed by atoms with van der Waals surface area (Å²) >= 11 is 0. The minimum absolute atomic E-state index is 0.0334. The molecule has 0 bridgehead atoms. The van der Waals surface area contributed by atoms with Crippen molar-refractivity contribution in [2.45, 2.75) is 31.0 Å². The predicted molar refractivity (Wildman–Crippen MR) is 115 cm³/mol. The zero-order chi connectivity index (χ0) is 21.8. The van der Waals surface area contributed by atoms with E-state index in [1.54, 1.807) is 0 Å². The molecule has 2 rings (SSSR count). The van der Waals surface area contributed by atoms with Crippen molar-refractivity contribution in [3.05, 3.63) is 71.8 Å². The first-order chi connectivity index (χ1) is 14.5. The number of aldehydes is 1. The normalized spacial score (nSPS) is 13.9. The van der Waals surface area contributed by atoms with Gasteiger partial charge < -0.3 is 21.0 Å². The molecule has 7 heteroatoms. The summed E-state index contributed by atoms with van der Waals surface area (Å²) in [4.78, 5) is 36.0. The Morgan fingerprint density at radius 2 is 1.40 bits per heavy atom. The van der Waals surface area contributed by atoms with Gasteiger partial charge in [-0.2, -0.15) is 0 Å². The van der Waals surface area contributed by atoms with Crippen LogP contribution in [0.25, 0.3) is 0 Å². The number of aliphatic hydroxyl groups excluding tert-OH is 1. The second-order valence-corrected chi connectivity index (χ2v) is 7.16. The average Bonchev–Trinajstić information content (AvgIpc) is 2.78. The van der Waals surface area contributed by atoms with E-state index in [2.05, 4.69) is 10.6 Å². The fourth-order valence-electron chi connectivity index (χ4n) is 3.00. The SMILES string of the molecule is N[C@@H](Cc1ccccc1)C(=O)CN[C@@H](Cc1ccccc1)C(=O)CN[C@H](C=O)CO. The summed E-state index contributed by atoms with van der Waals surface area (Å²) in [6, 6.07) is 16.9. The van der Waals surface area contributed by atoms with Crippen molar-refractivity contribution in [2.75, 3.05) is 19.7 Å². The molecule has 0 radical (unpaired) electrons. The second-order valence-electron chi connectivity index (χ2n) is 7.16.